The van der Waals surface area contributed by atoms with Gasteiger partial charge in [0.25, 0.3) is 5.91 Å². The van der Waals surface area contributed by atoms with Crippen LogP contribution in [0.25, 0.3) is 0 Å². The number of nitrogens with one attached hydrogen (secondary N) is 1. The highest BCUT2D eigenvalue weighted by atomic mass is 127. The van der Waals surface area contributed by atoms with Crippen LogP contribution in [0.5, 0.6) is 0 Å². The van der Waals surface area contributed by atoms with Gasteiger partial charge in [0, 0.05) is 24.2 Å². The molecule has 0 saturated carbocycles. The molecule has 0 aromatic heterocycles. The second-order valence-corrected chi connectivity index (χ2v) is 6.17. The van der Waals surface area contributed by atoms with Gasteiger partial charge in [-0.2, -0.15) is 0 Å². The monoisotopic (exact) mass is 433 g/mol. The highest BCUT2D eigenvalue weighted by Gasteiger charge is 2.07. The van der Waals surface area contributed by atoms with E-state index in [-0.39, 0.29) is 5.91 Å². The normalized spacial score (nSPS) is 10.2. The quantitative estimate of drug-likeness (QED) is 0.526. The first-order valence-corrected chi connectivity index (χ1v) is 7.43. The molecule has 2 rings (SSSR count). The van der Waals surface area contributed by atoms with Crippen molar-refractivity contribution in [3.8, 4) is 0 Å². The molecule has 0 spiro atoms. The maximum atomic E-state index is 12.0. The third-order valence-corrected chi connectivity index (χ3v) is 4.90. The fraction of sp³-hybridized carbons (Fsp3) is 0. The Hall–Kier alpha value is -0.530. The Morgan fingerprint density at radius 2 is 2.00 bits per heavy atom. The zero-order chi connectivity index (χ0) is 13.1. The molecule has 0 fully saturated rings. The van der Waals surface area contributed by atoms with Crippen molar-refractivity contribution in [1.29, 1.82) is 0 Å². The second kappa shape index (κ2) is 6.08. The summed E-state index contributed by atoms with van der Waals surface area (Å²) >= 11 is 9.87. The van der Waals surface area contributed by atoms with E-state index in [0.29, 0.717) is 5.56 Å². The van der Waals surface area contributed by atoms with Gasteiger partial charge in [-0.1, -0.05) is 6.07 Å². The van der Waals surface area contributed by atoms with Gasteiger partial charge in [0.2, 0.25) is 0 Å². The summed E-state index contributed by atoms with van der Waals surface area (Å²) in [7, 11) is 0. The number of halogens is 2. The predicted molar refractivity (Wildman–Crippen MR) is 88.5 cm³/mol. The minimum atomic E-state index is -0.140. The summed E-state index contributed by atoms with van der Waals surface area (Å²) in [6, 6.07) is 12.8. The van der Waals surface area contributed by atoms with Crippen LogP contribution in [0.3, 0.4) is 0 Å². The second-order valence-electron chi connectivity index (χ2n) is 3.63. The van der Waals surface area contributed by atoms with Crippen LogP contribution >= 0.6 is 51.1 Å². The van der Waals surface area contributed by atoms with Gasteiger partial charge < -0.3 is 5.32 Å². The molecule has 1 amide bonds. The Kier molecular flexibility index (Phi) is 4.69. The first kappa shape index (κ1) is 13.9. The van der Waals surface area contributed by atoms with Gasteiger partial charge in [0.1, 0.15) is 0 Å². The molecule has 0 aliphatic carbocycles. The molecule has 1 N–H and O–H groups in total. The lowest BCUT2D eigenvalue weighted by Crippen LogP contribution is -2.11. The van der Waals surface area contributed by atoms with Crippen molar-refractivity contribution in [3.05, 3.63) is 56.1 Å². The molecule has 2 nitrogen and oxygen atoms in total. The Bertz CT molecular complexity index is 603. The van der Waals surface area contributed by atoms with Gasteiger partial charge in [-0.25, -0.2) is 0 Å². The molecule has 0 unspecified atom stereocenters. The summed E-state index contributed by atoms with van der Waals surface area (Å²) in [5.41, 5.74) is 1.36. The topological polar surface area (TPSA) is 29.1 Å². The van der Waals surface area contributed by atoms with Gasteiger partial charge in [-0.05, 0) is 74.9 Å². The summed E-state index contributed by atoms with van der Waals surface area (Å²) < 4.78 is 2.06. The van der Waals surface area contributed by atoms with Crippen molar-refractivity contribution in [2.24, 2.45) is 0 Å². The number of hydrogen-bond acceptors (Lipinski definition) is 2. The van der Waals surface area contributed by atoms with Crippen molar-refractivity contribution in [3.63, 3.8) is 0 Å². The van der Waals surface area contributed by atoms with Crippen LogP contribution < -0.4 is 5.32 Å². The molecule has 0 heterocycles. The van der Waals surface area contributed by atoms with Crippen LogP contribution in [0.4, 0.5) is 5.69 Å². The number of carbonyl (C=O) groups excluding carboxylic acids is 1. The lowest BCUT2D eigenvalue weighted by Gasteiger charge is -2.07. The van der Waals surface area contributed by atoms with Crippen LogP contribution in [0.2, 0.25) is 0 Å². The van der Waals surface area contributed by atoms with Gasteiger partial charge in [-0.15, -0.1) is 12.6 Å². The van der Waals surface area contributed by atoms with E-state index in [2.05, 4.69) is 56.5 Å². The van der Waals surface area contributed by atoms with Crippen LogP contribution in [0, 0.1) is 3.57 Å². The third kappa shape index (κ3) is 3.49. The number of amides is 1. The van der Waals surface area contributed by atoms with E-state index >= 15 is 0 Å². The molecule has 0 aliphatic heterocycles. The van der Waals surface area contributed by atoms with Crippen molar-refractivity contribution in [2.75, 3.05) is 5.32 Å². The van der Waals surface area contributed by atoms with Crippen molar-refractivity contribution < 1.29 is 4.79 Å². The Balaban J connectivity index is 2.18. The minimum Gasteiger partial charge on any atom is -0.322 e. The predicted octanol–water partition coefficient (Wildman–Crippen LogP) is 4.59. The van der Waals surface area contributed by atoms with Crippen LogP contribution in [-0.2, 0) is 0 Å². The molecular formula is C13H9BrINOS. The SMILES string of the molecule is O=C(Nc1ccc(I)c(Br)c1)c1cccc(S)c1. The standard InChI is InChI=1S/C13H9BrINOS/c14-11-7-9(4-5-12(11)15)16-13(17)8-2-1-3-10(18)6-8/h1-7,18H,(H,16,17). The maximum Gasteiger partial charge on any atom is 0.255 e. The highest BCUT2D eigenvalue weighted by Crippen LogP contribution is 2.23. The number of hydrogen-bond donors (Lipinski definition) is 2. The number of rotatable bonds is 2. The molecule has 5 heteroatoms. The lowest BCUT2D eigenvalue weighted by molar-refractivity contribution is 0.102. The van der Waals surface area contributed by atoms with Crippen molar-refractivity contribution in [1.82, 2.24) is 0 Å². The summed E-state index contributed by atoms with van der Waals surface area (Å²) in [5.74, 6) is -0.140. The average Bonchev–Trinajstić information content (AvgIpc) is 2.34. The highest BCUT2D eigenvalue weighted by molar-refractivity contribution is 14.1. The lowest BCUT2D eigenvalue weighted by atomic mass is 10.2. The van der Waals surface area contributed by atoms with Gasteiger partial charge in [-0.3, -0.25) is 4.79 Å². The van der Waals surface area contributed by atoms with E-state index < -0.39 is 0 Å². The Labute approximate surface area is 133 Å². The zero-order valence-electron chi connectivity index (χ0n) is 9.15. The van der Waals surface area contributed by atoms with Gasteiger partial charge in [0.05, 0.1) is 0 Å². The summed E-state index contributed by atoms with van der Waals surface area (Å²) in [6.07, 6.45) is 0. The number of thiol groups is 1. The van der Waals surface area contributed by atoms with Gasteiger partial charge >= 0.3 is 0 Å². The van der Waals surface area contributed by atoms with E-state index in [4.69, 9.17) is 0 Å². The molecule has 18 heavy (non-hydrogen) atoms. The molecule has 0 aliphatic rings. The molecule has 0 radical (unpaired) electrons. The smallest absolute Gasteiger partial charge is 0.255 e. The van der Waals surface area contributed by atoms with E-state index in [0.717, 1.165) is 18.6 Å². The van der Waals surface area contributed by atoms with Crippen LogP contribution in [-0.4, -0.2) is 5.91 Å². The first-order chi connectivity index (χ1) is 8.56. The fourth-order valence-electron chi connectivity index (χ4n) is 1.42. The number of anilines is 1. The molecule has 2 aromatic rings. The van der Waals surface area contributed by atoms with Crippen molar-refractivity contribution in [2.45, 2.75) is 4.90 Å². The number of benzene rings is 2. The molecular weight excluding hydrogens is 425 g/mol. The molecule has 0 atom stereocenters. The average molecular weight is 434 g/mol. The van der Waals surface area contributed by atoms with Gasteiger partial charge in [0.15, 0.2) is 0 Å². The van der Waals surface area contributed by atoms with E-state index in [1.807, 2.05) is 24.3 Å². The van der Waals surface area contributed by atoms with Crippen LogP contribution in [0.15, 0.2) is 51.8 Å². The zero-order valence-corrected chi connectivity index (χ0v) is 13.8. The summed E-state index contributed by atoms with van der Waals surface area (Å²) in [6.45, 7) is 0. The summed E-state index contributed by atoms with van der Waals surface area (Å²) in [4.78, 5) is 12.8. The Morgan fingerprint density at radius 1 is 1.22 bits per heavy atom. The Morgan fingerprint density at radius 3 is 2.67 bits per heavy atom. The molecule has 0 saturated heterocycles. The van der Waals surface area contributed by atoms with E-state index in [9.17, 15) is 4.79 Å². The molecule has 0 bridgehead atoms. The van der Waals surface area contributed by atoms with Crippen LogP contribution in [0.1, 0.15) is 10.4 Å². The molecule has 2 aromatic carbocycles. The fourth-order valence-corrected chi connectivity index (χ4v) is 2.36. The van der Waals surface area contributed by atoms with E-state index in [1.165, 1.54) is 0 Å². The summed E-state index contributed by atoms with van der Waals surface area (Å²) in [5, 5.41) is 2.85. The first-order valence-electron chi connectivity index (χ1n) is 5.12. The maximum absolute atomic E-state index is 12.0. The van der Waals surface area contributed by atoms with E-state index in [1.54, 1.807) is 18.2 Å². The third-order valence-electron chi connectivity index (χ3n) is 2.29. The largest absolute Gasteiger partial charge is 0.322 e. The molecule has 92 valence electrons. The minimum absolute atomic E-state index is 0.140. The number of carbonyl (C=O) groups is 1. The van der Waals surface area contributed by atoms with Crippen molar-refractivity contribution >= 4 is 62.7 Å².